The SMILES string of the molecule is COc1cc2c(c(CC3CCCN3)c1F)OCO2. The van der Waals surface area contributed by atoms with Gasteiger partial charge < -0.3 is 19.5 Å². The van der Waals surface area contributed by atoms with Gasteiger partial charge in [0.25, 0.3) is 0 Å². The van der Waals surface area contributed by atoms with E-state index >= 15 is 0 Å². The molecule has 0 saturated carbocycles. The van der Waals surface area contributed by atoms with Gasteiger partial charge in [-0.2, -0.15) is 0 Å². The molecule has 5 heteroatoms. The fourth-order valence-corrected chi connectivity index (χ4v) is 2.57. The van der Waals surface area contributed by atoms with E-state index in [0.717, 1.165) is 19.4 Å². The lowest BCUT2D eigenvalue weighted by Crippen LogP contribution is -2.24. The second-order valence-electron chi connectivity index (χ2n) is 4.60. The molecule has 0 amide bonds. The summed E-state index contributed by atoms with van der Waals surface area (Å²) in [5, 5.41) is 3.36. The number of fused-ring (bicyclic) bond motifs is 1. The Morgan fingerprint density at radius 2 is 2.39 bits per heavy atom. The van der Waals surface area contributed by atoms with E-state index in [1.807, 2.05) is 0 Å². The summed E-state index contributed by atoms with van der Waals surface area (Å²) in [5.74, 6) is 0.978. The van der Waals surface area contributed by atoms with Gasteiger partial charge in [-0.15, -0.1) is 0 Å². The minimum atomic E-state index is -0.338. The molecule has 0 aromatic heterocycles. The van der Waals surface area contributed by atoms with Crippen LogP contribution in [0.25, 0.3) is 0 Å². The maximum atomic E-state index is 14.3. The topological polar surface area (TPSA) is 39.7 Å². The van der Waals surface area contributed by atoms with Gasteiger partial charge in [0.2, 0.25) is 6.79 Å². The van der Waals surface area contributed by atoms with Crippen LogP contribution < -0.4 is 19.5 Å². The fourth-order valence-electron chi connectivity index (χ4n) is 2.57. The van der Waals surface area contributed by atoms with Crippen molar-refractivity contribution in [1.82, 2.24) is 5.32 Å². The highest BCUT2D eigenvalue weighted by atomic mass is 19.1. The van der Waals surface area contributed by atoms with Crippen LogP contribution in [0, 0.1) is 5.82 Å². The van der Waals surface area contributed by atoms with Crippen molar-refractivity contribution in [2.24, 2.45) is 0 Å². The van der Waals surface area contributed by atoms with Crippen LogP contribution in [0.3, 0.4) is 0 Å². The first-order valence-electron chi connectivity index (χ1n) is 6.18. The van der Waals surface area contributed by atoms with E-state index in [4.69, 9.17) is 14.2 Å². The zero-order valence-corrected chi connectivity index (χ0v) is 10.3. The molecule has 1 aromatic rings. The van der Waals surface area contributed by atoms with Crippen molar-refractivity contribution in [3.05, 3.63) is 17.4 Å². The molecule has 0 radical (unpaired) electrons. The number of nitrogens with one attached hydrogen (secondary N) is 1. The number of benzene rings is 1. The van der Waals surface area contributed by atoms with Crippen molar-refractivity contribution in [3.63, 3.8) is 0 Å². The normalized spacial score (nSPS) is 21.3. The average molecular weight is 253 g/mol. The predicted molar refractivity (Wildman–Crippen MR) is 63.8 cm³/mol. The molecular formula is C13H16FNO3. The Balaban J connectivity index is 1.97. The molecule has 1 saturated heterocycles. The number of hydrogen-bond donors (Lipinski definition) is 1. The molecule has 1 aromatic carbocycles. The molecule has 4 nitrogen and oxygen atoms in total. The van der Waals surface area contributed by atoms with E-state index in [1.165, 1.54) is 7.11 Å². The van der Waals surface area contributed by atoms with Crippen molar-refractivity contribution in [3.8, 4) is 17.2 Å². The lowest BCUT2D eigenvalue weighted by molar-refractivity contribution is 0.173. The van der Waals surface area contributed by atoms with E-state index in [2.05, 4.69) is 5.32 Å². The van der Waals surface area contributed by atoms with Crippen molar-refractivity contribution in [2.75, 3.05) is 20.4 Å². The molecule has 0 aliphatic carbocycles. The lowest BCUT2D eigenvalue weighted by atomic mass is 10.0. The highest BCUT2D eigenvalue weighted by molar-refractivity contribution is 5.54. The van der Waals surface area contributed by atoms with Crippen molar-refractivity contribution >= 4 is 0 Å². The summed E-state index contributed by atoms with van der Waals surface area (Å²) < 4.78 is 30.0. The van der Waals surface area contributed by atoms with Gasteiger partial charge in [0.15, 0.2) is 23.1 Å². The van der Waals surface area contributed by atoms with Gasteiger partial charge >= 0.3 is 0 Å². The summed E-state index contributed by atoms with van der Waals surface area (Å²) in [4.78, 5) is 0. The molecule has 2 heterocycles. The van der Waals surface area contributed by atoms with E-state index in [9.17, 15) is 4.39 Å². The lowest BCUT2D eigenvalue weighted by Gasteiger charge is -2.14. The largest absolute Gasteiger partial charge is 0.494 e. The summed E-state index contributed by atoms with van der Waals surface area (Å²) in [5.41, 5.74) is 0.557. The first kappa shape index (κ1) is 11.6. The van der Waals surface area contributed by atoms with Crippen LogP contribution in [0.4, 0.5) is 4.39 Å². The quantitative estimate of drug-likeness (QED) is 0.892. The summed E-state index contributed by atoms with van der Waals surface area (Å²) in [6.45, 7) is 1.14. The number of rotatable bonds is 3. The monoisotopic (exact) mass is 253 g/mol. The Bertz CT molecular complexity index is 457. The van der Waals surface area contributed by atoms with Gasteiger partial charge in [-0.05, 0) is 25.8 Å². The molecule has 0 bridgehead atoms. The molecule has 18 heavy (non-hydrogen) atoms. The van der Waals surface area contributed by atoms with Crippen LogP contribution in [0.15, 0.2) is 6.07 Å². The predicted octanol–water partition coefficient (Wildman–Crippen LogP) is 1.86. The van der Waals surface area contributed by atoms with Crippen LogP contribution in [0.2, 0.25) is 0 Å². The third-order valence-electron chi connectivity index (χ3n) is 3.49. The minimum absolute atomic E-state index is 0.146. The zero-order chi connectivity index (χ0) is 12.5. The van der Waals surface area contributed by atoms with Gasteiger partial charge in [-0.25, -0.2) is 4.39 Å². The third kappa shape index (κ3) is 1.88. The van der Waals surface area contributed by atoms with Gasteiger partial charge in [0, 0.05) is 17.7 Å². The summed E-state index contributed by atoms with van der Waals surface area (Å²) in [6, 6.07) is 1.85. The zero-order valence-electron chi connectivity index (χ0n) is 10.3. The second kappa shape index (κ2) is 4.65. The van der Waals surface area contributed by atoms with Crippen LogP contribution in [0.5, 0.6) is 17.2 Å². The van der Waals surface area contributed by atoms with Crippen LogP contribution in [0.1, 0.15) is 18.4 Å². The molecule has 2 aliphatic heterocycles. The Morgan fingerprint density at radius 3 is 3.11 bits per heavy atom. The van der Waals surface area contributed by atoms with Gasteiger partial charge in [0.1, 0.15) is 0 Å². The molecule has 98 valence electrons. The first-order chi connectivity index (χ1) is 8.79. The molecule has 0 spiro atoms. The first-order valence-corrected chi connectivity index (χ1v) is 6.18. The molecule has 1 N–H and O–H groups in total. The van der Waals surface area contributed by atoms with Crippen LogP contribution in [-0.4, -0.2) is 26.5 Å². The minimum Gasteiger partial charge on any atom is -0.494 e. The third-order valence-corrected chi connectivity index (χ3v) is 3.49. The molecular weight excluding hydrogens is 237 g/mol. The maximum absolute atomic E-state index is 14.3. The van der Waals surface area contributed by atoms with Crippen molar-refractivity contribution in [2.45, 2.75) is 25.3 Å². The van der Waals surface area contributed by atoms with E-state index < -0.39 is 0 Å². The Morgan fingerprint density at radius 1 is 1.50 bits per heavy atom. The Kier molecular flexibility index (Phi) is 2.99. The molecule has 3 rings (SSSR count). The van der Waals surface area contributed by atoms with E-state index in [1.54, 1.807) is 6.07 Å². The van der Waals surface area contributed by atoms with Crippen molar-refractivity contribution < 1.29 is 18.6 Å². The fraction of sp³-hybridized carbons (Fsp3) is 0.538. The van der Waals surface area contributed by atoms with E-state index in [-0.39, 0.29) is 18.4 Å². The molecule has 1 fully saturated rings. The standard InChI is InChI=1S/C13H16FNO3/c1-16-10-6-11-13(18-7-17-11)9(12(10)14)5-8-3-2-4-15-8/h6,8,15H,2-5,7H2,1H3. The number of hydrogen-bond acceptors (Lipinski definition) is 4. The van der Waals surface area contributed by atoms with E-state index in [0.29, 0.717) is 29.5 Å². The Labute approximate surface area is 105 Å². The molecule has 1 unspecified atom stereocenters. The highest BCUT2D eigenvalue weighted by Crippen LogP contribution is 2.42. The van der Waals surface area contributed by atoms with Gasteiger partial charge in [0.05, 0.1) is 7.11 Å². The summed E-state index contributed by atoms with van der Waals surface area (Å²) >= 11 is 0. The number of methoxy groups -OCH3 is 1. The smallest absolute Gasteiger partial charge is 0.231 e. The van der Waals surface area contributed by atoms with Crippen LogP contribution >= 0.6 is 0 Å². The second-order valence-corrected chi connectivity index (χ2v) is 4.60. The van der Waals surface area contributed by atoms with Gasteiger partial charge in [-0.3, -0.25) is 0 Å². The number of ether oxygens (including phenoxy) is 3. The summed E-state index contributed by atoms with van der Waals surface area (Å²) in [7, 11) is 1.46. The number of halogens is 1. The highest BCUT2D eigenvalue weighted by Gasteiger charge is 2.27. The molecule has 2 aliphatic rings. The molecule has 1 atom stereocenters. The van der Waals surface area contributed by atoms with Gasteiger partial charge in [-0.1, -0.05) is 0 Å². The van der Waals surface area contributed by atoms with Crippen molar-refractivity contribution in [1.29, 1.82) is 0 Å². The average Bonchev–Trinajstić information content (AvgIpc) is 3.03. The van der Waals surface area contributed by atoms with Crippen LogP contribution in [-0.2, 0) is 6.42 Å². The Hall–Kier alpha value is -1.49. The maximum Gasteiger partial charge on any atom is 0.231 e. The summed E-state index contributed by atoms with van der Waals surface area (Å²) in [6.07, 6.45) is 2.80.